The fourth-order valence-corrected chi connectivity index (χ4v) is 7.22. The summed E-state index contributed by atoms with van der Waals surface area (Å²) in [6, 6.07) is 69.3. The Hall–Kier alpha value is -6.64. The third-order valence-electron chi connectivity index (χ3n) is 9.87. The molecule has 51 heavy (non-hydrogen) atoms. The fourth-order valence-electron chi connectivity index (χ4n) is 7.22. The summed E-state index contributed by atoms with van der Waals surface area (Å²) in [4.78, 5) is 2.38. The second kappa shape index (κ2) is 13.0. The summed E-state index contributed by atoms with van der Waals surface area (Å²) in [5, 5.41) is 3.59. The van der Waals surface area contributed by atoms with Crippen molar-refractivity contribution in [2.24, 2.45) is 0 Å². The van der Waals surface area contributed by atoms with Crippen molar-refractivity contribution in [1.82, 2.24) is 0 Å². The zero-order valence-corrected chi connectivity index (χ0v) is 28.3. The Morgan fingerprint density at radius 1 is 0.392 bits per heavy atom. The number of hydrogen-bond donors (Lipinski definition) is 0. The van der Waals surface area contributed by atoms with Crippen LogP contribution in [0.2, 0.25) is 0 Å². The molecule has 0 unspecified atom stereocenters. The minimum absolute atomic E-state index is 0.918. The number of fused-ring (bicyclic) bond motifs is 2. The lowest BCUT2D eigenvalue weighted by atomic mass is 9.97. The van der Waals surface area contributed by atoms with Crippen molar-refractivity contribution < 1.29 is 4.42 Å². The number of aryl methyl sites for hydroxylation is 1. The maximum Gasteiger partial charge on any atom is 0.138 e. The Morgan fingerprint density at radius 2 is 0.980 bits per heavy atom. The zero-order chi connectivity index (χ0) is 34.1. The van der Waals surface area contributed by atoms with Crippen molar-refractivity contribution in [3.05, 3.63) is 200 Å². The molecule has 0 aliphatic carbocycles. The van der Waals surface area contributed by atoms with E-state index in [1.807, 2.05) is 12.1 Å². The van der Waals surface area contributed by atoms with Crippen molar-refractivity contribution in [2.75, 3.05) is 4.90 Å². The highest BCUT2D eigenvalue weighted by Gasteiger charge is 2.18. The number of benzene rings is 8. The number of hydrogen-bond acceptors (Lipinski definition) is 2. The van der Waals surface area contributed by atoms with Crippen molar-refractivity contribution in [3.63, 3.8) is 0 Å². The Bertz CT molecular complexity index is 2630. The summed E-state index contributed by atoms with van der Waals surface area (Å²) >= 11 is 0. The molecule has 0 aliphatic rings. The summed E-state index contributed by atoms with van der Waals surface area (Å²) in [7, 11) is 0. The molecule has 0 fully saturated rings. The molecule has 2 nitrogen and oxygen atoms in total. The van der Waals surface area contributed by atoms with Gasteiger partial charge in [0, 0.05) is 33.5 Å². The van der Waals surface area contributed by atoms with Gasteiger partial charge in [0.05, 0.1) is 5.69 Å². The smallest absolute Gasteiger partial charge is 0.138 e. The summed E-state index contributed by atoms with van der Waals surface area (Å²) in [6.45, 7) is 2.14. The van der Waals surface area contributed by atoms with E-state index in [-0.39, 0.29) is 0 Å². The van der Waals surface area contributed by atoms with Crippen LogP contribution in [0, 0.1) is 6.92 Å². The van der Waals surface area contributed by atoms with Crippen LogP contribution in [0.5, 0.6) is 0 Å². The van der Waals surface area contributed by atoms with Gasteiger partial charge in [-0.05, 0) is 88.0 Å². The van der Waals surface area contributed by atoms with Crippen LogP contribution >= 0.6 is 0 Å². The Labute approximate surface area is 298 Å². The normalized spacial score (nSPS) is 11.2. The van der Waals surface area contributed by atoms with Gasteiger partial charge in [0.2, 0.25) is 0 Å². The zero-order valence-electron chi connectivity index (χ0n) is 28.3. The van der Waals surface area contributed by atoms with E-state index in [4.69, 9.17) is 4.42 Å². The minimum Gasteiger partial charge on any atom is -0.456 e. The standard InChI is InChI=1S/C49H35NO/c1-34-45-18-8-10-21-48(45)51-49(34)42-17-11-16-40(32-42)38-26-29-43(30-27-38)50(44-31-28-36-14-5-6-15-41(36)33-44)47-20-9-7-19-46(47)39-24-22-37(23-25-39)35-12-3-2-4-13-35/h2-33H,1H3. The Kier molecular flexibility index (Phi) is 7.75. The average Bonchev–Trinajstić information content (AvgIpc) is 3.55. The first-order valence-electron chi connectivity index (χ1n) is 17.4. The van der Waals surface area contributed by atoms with Crippen molar-refractivity contribution in [3.8, 4) is 44.7 Å². The van der Waals surface area contributed by atoms with Gasteiger partial charge in [-0.3, -0.25) is 0 Å². The molecule has 1 aromatic heterocycles. The number of para-hydroxylation sites is 2. The second-order valence-electron chi connectivity index (χ2n) is 13.0. The third kappa shape index (κ3) is 5.77. The van der Waals surface area contributed by atoms with E-state index in [0.717, 1.165) is 56.0 Å². The summed E-state index contributed by atoms with van der Waals surface area (Å²) in [6.07, 6.45) is 0. The maximum atomic E-state index is 6.32. The van der Waals surface area contributed by atoms with Crippen LogP contribution in [-0.4, -0.2) is 0 Å². The van der Waals surface area contributed by atoms with Crippen molar-refractivity contribution in [2.45, 2.75) is 6.92 Å². The molecule has 0 radical (unpaired) electrons. The first-order valence-corrected chi connectivity index (χ1v) is 17.4. The highest BCUT2D eigenvalue weighted by molar-refractivity contribution is 5.93. The molecule has 9 rings (SSSR count). The van der Waals surface area contributed by atoms with Crippen LogP contribution in [0.4, 0.5) is 17.1 Å². The molecule has 0 aliphatic heterocycles. The molecule has 0 saturated heterocycles. The third-order valence-corrected chi connectivity index (χ3v) is 9.87. The van der Waals surface area contributed by atoms with Crippen LogP contribution in [0.3, 0.4) is 0 Å². The quantitative estimate of drug-likeness (QED) is 0.170. The van der Waals surface area contributed by atoms with Gasteiger partial charge < -0.3 is 9.32 Å². The second-order valence-corrected chi connectivity index (χ2v) is 13.0. The highest BCUT2D eigenvalue weighted by Crippen LogP contribution is 2.43. The number of furan rings is 1. The van der Waals surface area contributed by atoms with Gasteiger partial charge in [-0.25, -0.2) is 0 Å². The van der Waals surface area contributed by atoms with Gasteiger partial charge in [-0.1, -0.05) is 152 Å². The van der Waals surface area contributed by atoms with Gasteiger partial charge in [-0.2, -0.15) is 0 Å². The molecular weight excluding hydrogens is 619 g/mol. The monoisotopic (exact) mass is 653 g/mol. The lowest BCUT2D eigenvalue weighted by Gasteiger charge is -2.28. The summed E-state index contributed by atoms with van der Waals surface area (Å²) in [5.41, 5.74) is 13.5. The van der Waals surface area contributed by atoms with E-state index in [2.05, 4.69) is 194 Å². The van der Waals surface area contributed by atoms with E-state index < -0.39 is 0 Å². The van der Waals surface area contributed by atoms with E-state index >= 15 is 0 Å². The van der Waals surface area contributed by atoms with E-state index in [9.17, 15) is 0 Å². The van der Waals surface area contributed by atoms with Crippen LogP contribution in [0.15, 0.2) is 199 Å². The van der Waals surface area contributed by atoms with E-state index in [1.165, 1.54) is 33.0 Å². The number of anilines is 3. The van der Waals surface area contributed by atoms with Crippen LogP contribution in [0.25, 0.3) is 66.4 Å². The lowest BCUT2D eigenvalue weighted by Crippen LogP contribution is -2.11. The molecule has 2 heteroatoms. The van der Waals surface area contributed by atoms with Gasteiger partial charge >= 0.3 is 0 Å². The van der Waals surface area contributed by atoms with Gasteiger partial charge in [-0.15, -0.1) is 0 Å². The first kappa shape index (κ1) is 30.4. The van der Waals surface area contributed by atoms with E-state index in [0.29, 0.717) is 0 Å². The number of nitrogens with zero attached hydrogens (tertiary/aromatic N) is 1. The predicted molar refractivity (Wildman–Crippen MR) is 215 cm³/mol. The van der Waals surface area contributed by atoms with Crippen molar-refractivity contribution in [1.29, 1.82) is 0 Å². The topological polar surface area (TPSA) is 16.4 Å². The molecule has 0 spiro atoms. The molecule has 0 bridgehead atoms. The SMILES string of the molecule is Cc1c(-c2cccc(-c3ccc(N(c4ccc5ccccc5c4)c4ccccc4-c4ccc(-c5ccccc5)cc4)cc3)c2)oc2ccccc12. The molecule has 1 heterocycles. The van der Waals surface area contributed by atoms with Gasteiger partial charge in [0.15, 0.2) is 0 Å². The molecule has 8 aromatic carbocycles. The first-order chi connectivity index (χ1) is 25.2. The molecule has 9 aromatic rings. The van der Waals surface area contributed by atoms with Crippen LogP contribution in [0.1, 0.15) is 5.56 Å². The van der Waals surface area contributed by atoms with Crippen molar-refractivity contribution >= 4 is 38.8 Å². The highest BCUT2D eigenvalue weighted by atomic mass is 16.3. The van der Waals surface area contributed by atoms with Gasteiger partial charge in [0.1, 0.15) is 11.3 Å². The minimum atomic E-state index is 0.918. The maximum absolute atomic E-state index is 6.32. The predicted octanol–water partition coefficient (Wildman–Crippen LogP) is 14.0. The van der Waals surface area contributed by atoms with Crippen LogP contribution < -0.4 is 4.90 Å². The summed E-state index contributed by atoms with van der Waals surface area (Å²) in [5.74, 6) is 0.922. The fraction of sp³-hybridized carbons (Fsp3) is 0.0204. The van der Waals surface area contributed by atoms with Crippen LogP contribution in [-0.2, 0) is 0 Å². The molecular formula is C49H35NO. The number of rotatable bonds is 7. The molecule has 0 amide bonds. The molecule has 242 valence electrons. The lowest BCUT2D eigenvalue weighted by molar-refractivity contribution is 0.629. The Balaban J connectivity index is 1.12. The molecule has 0 N–H and O–H groups in total. The Morgan fingerprint density at radius 3 is 1.80 bits per heavy atom. The average molecular weight is 654 g/mol. The molecule has 0 saturated carbocycles. The van der Waals surface area contributed by atoms with E-state index in [1.54, 1.807) is 0 Å². The summed E-state index contributed by atoms with van der Waals surface area (Å²) < 4.78 is 6.32. The largest absolute Gasteiger partial charge is 0.456 e. The van der Waals surface area contributed by atoms with Gasteiger partial charge in [0.25, 0.3) is 0 Å². The molecule has 0 atom stereocenters.